The Bertz CT molecular complexity index is 1390. The Kier molecular flexibility index (Phi) is 5.23. The van der Waals surface area contributed by atoms with Crippen molar-refractivity contribution in [2.24, 2.45) is 0 Å². The third-order valence-corrected chi connectivity index (χ3v) is 6.48. The molecule has 0 atom stereocenters. The maximum atomic E-state index is 11.6. The van der Waals surface area contributed by atoms with Crippen LogP contribution in [0.1, 0.15) is 34.1 Å². The Hall–Kier alpha value is -3.89. The summed E-state index contributed by atoms with van der Waals surface area (Å²) in [5.74, 6) is -1.29. The minimum absolute atomic E-state index is 0.0428. The standard InChI is InChI=1S/C23H19N5O4S/c1-12(30)25-23-26-18-7-6-17-19(13-3-2-8-24-10-13)27-28(20(17)21(18)33-23)15-4-5-16(22(31)32)14(9-15)11-29/h2-5,8-10,29H,6-7,11H2,1H3,(H,31,32)(H,25,26,30). The van der Waals surface area contributed by atoms with Crippen LogP contribution in [0.2, 0.25) is 0 Å². The maximum absolute atomic E-state index is 11.6. The van der Waals surface area contributed by atoms with Crippen LogP contribution in [0.15, 0.2) is 42.7 Å². The van der Waals surface area contributed by atoms with Crippen molar-refractivity contribution in [3.8, 4) is 27.5 Å². The lowest BCUT2D eigenvalue weighted by Gasteiger charge is -2.15. The van der Waals surface area contributed by atoms with Gasteiger partial charge >= 0.3 is 5.97 Å². The van der Waals surface area contributed by atoms with Crippen molar-refractivity contribution in [2.75, 3.05) is 5.32 Å². The summed E-state index contributed by atoms with van der Waals surface area (Å²) in [6.07, 6.45) is 4.86. The van der Waals surface area contributed by atoms with Crippen molar-refractivity contribution in [1.82, 2.24) is 19.7 Å². The molecule has 10 heteroatoms. The van der Waals surface area contributed by atoms with Gasteiger partial charge in [-0.25, -0.2) is 14.5 Å². The summed E-state index contributed by atoms with van der Waals surface area (Å²) in [5.41, 5.74) is 5.36. The first-order chi connectivity index (χ1) is 16.0. The first kappa shape index (κ1) is 21.0. The third-order valence-electron chi connectivity index (χ3n) is 5.46. The molecule has 0 unspecified atom stereocenters. The molecule has 4 aromatic rings. The first-order valence-corrected chi connectivity index (χ1v) is 11.0. The van der Waals surface area contributed by atoms with Gasteiger partial charge in [0, 0.05) is 30.4 Å². The van der Waals surface area contributed by atoms with Gasteiger partial charge in [0.1, 0.15) is 0 Å². The van der Waals surface area contributed by atoms with E-state index in [1.165, 1.54) is 24.3 Å². The van der Waals surface area contributed by atoms with Crippen LogP contribution in [0.5, 0.6) is 0 Å². The predicted molar refractivity (Wildman–Crippen MR) is 122 cm³/mol. The topological polar surface area (TPSA) is 130 Å². The molecule has 0 spiro atoms. The zero-order chi connectivity index (χ0) is 23.1. The number of carboxylic acids is 1. The van der Waals surface area contributed by atoms with Gasteiger partial charge in [-0.05, 0) is 48.7 Å². The fraction of sp³-hybridized carbons (Fsp3) is 0.174. The summed E-state index contributed by atoms with van der Waals surface area (Å²) < 4.78 is 1.76. The first-order valence-electron chi connectivity index (χ1n) is 10.2. The summed E-state index contributed by atoms with van der Waals surface area (Å²) in [5, 5.41) is 27.4. The van der Waals surface area contributed by atoms with Gasteiger partial charge in [-0.3, -0.25) is 9.78 Å². The van der Waals surface area contributed by atoms with Gasteiger partial charge < -0.3 is 15.5 Å². The fourth-order valence-corrected chi connectivity index (χ4v) is 5.16. The highest BCUT2D eigenvalue weighted by Gasteiger charge is 2.30. The number of fused-ring (bicyclic) bond motifs is 3. The predicted octanol–water partition coefficient (Wildman–Crippen LogP) is 3.31. The average molecular weight is 462 g/mol. The van der Waals surface area contributed by atoms with Crippen LogP contribution < -0.4 is 5.32 Å². The number of aliphatic hydroxyl groups excluding tert-OH is 1. The summed E-state index contributed by atoms with van der Waals surface area (Å²) >= 11 is 1.38. The number of hydrogen-bond donors (Lipinski definition) is 3. The molecule has 3 heterocycles. The number of carbonyl (C=O) groups is 2. The molecule has 5 rings (SSSR count). The second-order valence-electron chi connectivity index (χ2n) is 7.61. The Labute approximate surface area is 192 Å². The second-order valence-corrected chi connectivity index (χ2v) is 8.61. The van der Waals surface area contributed by atoms with E-state index in [1.807, 2.05) is 12.1 Å². The molecule has 33 heavy (non-hydrogen) atoms. The Balaban J connectivity index is 1.74. The molecule has 0 saturated heterocycles. The number of carbonyl (C=O) groups excluding carboxylic acids is 1. The molecule has 0 bridgehead atoms. The molecule has 1 aliphatic carbocycles. The van der Waals surface area contributed by atoms with Crippen LogP contribution >= 0.6 is 11.3 Å². The summed E-state index contributed by atoms with van der Waals surface area (Å²) in [4.78, 5) is 32.8. The Morgan fingerprint density at radius 3 is 2.79 bits per heavy atom. The lowest BCUT2D eigenvalue weighted by atomic mass is 9.95. The highest BCUT2D eigenvalue weighted by Crippen LogP contribution is 2.44. The number of nitrogens with zero attached hydrogens (tertiary/aromatic N) is 4. The van der Waals surface area contributed by atoms with Gasteiger partial charge in [-0.2, -0.15) is 5.10 Å². The van der Waals surface area contributed by atoms with Crippen molar-refractivity contribution >= 4 is 28.3 Å². The molecule has 1 aromatic carbocycles. The molecule has 1 aliphatic rings. The van der Waals surface area contributed by atoms with Gasteiger partial charge in [-0.15, -0.1) is 0 Å². The summed E-state index contributed by atoms with van der Waals surface area (Å²) in [6.45, 7) is 1.03. The highest BCUT2D eigenvalue weighted by molar-refractivity contribution is 7.19. The zero-order valence-corrected chi connectivity index (χ0v) is 18.4. The number of aromatic carboxylic acids is 1. The number of pyridine rings is 1. The smallest absolute Gasteiger partial charge is 0.336 e. The molecule has 0 fully saturated rings. The summed E-state index contributed by atoms with van der Waals surface area (Å²) in [7, 11) is 0. The monoisotopic (exact) mass is 461 g/mol. The van der Waals surface area contributed by atoms with Crippen LogP contribution in [0.3, 0.4) is 0 Å². The van der Waals surface area contributed by atoms with Crippen LogP contribution in [0.25, 0.3) is 27.5 Å². The van der Waals surface area contributed by atoms with Gasteiger partial charge in [0.05, 0.1) is 39.8 Å². The van der Waals surface area contributed by atoms with E-state index in [-0.39, 0.29) is 11.5 Å². The van der Waals surface area contributed by atoms with E-state index >= 15 is 0 Å². The number of rotatable bonds is 5. The number of hydrogen-bond acceptors (Lipinski definition) is 7. The van der Waals surface area contributed by atoms with E-state index in [1.54, 1.807) is 29.2 Å². The number of thiazole rings is 1. The van der Waals surface area contributed by atoms with Crippen LogP contribution in [0.4, 0.5) is 5.13 Å². The maximum Gasteiger partial charge on any atom is 0.336 e. The lowest BCUT2D eigenvalue weighted by molar-refractivity contribution is -0.114. The molecule has 0 aliphatic heterocycles. The van der Waals surface area contributed by atoms with Crippen molar-refractivity contribution < 1.29 is 19.8 Å². The molecule has 1 amide bonds. The lowest BCUT2D eigenvalue weighted by Crippen LogP contribution is -2.08. The molecule has 0 radical (unpaired) electrons. The summed E-state index contributed by atoms with van der Waals surface area (Å²) in [6, 6.07) is 8.57. The van der Waals surface area contributed by atoms with Gasteiger partial charge in [0.2, 0.25) is 5.91 Å². The molecule has 9 nitrogen and oxygen atoms in total. The minimum Gasteiger partial charge on any atom is -0.478 e. The van der Waals surface area contributed by atoms with Crippen molar-refractivity contribution in [1.29, 1.82) is 0 Å². The van der Waals surface area contributed by atoms with Gasteiger partial charge in [-0.1, -0.05) is 11.3 Å². The average Bonchev–Trinajstić information content (AvgIpc) is 3.39. The van der Waals surface area contributed by atoms with Crippen LogP contribution in [-0.2, 0) is 24.2 Å². The van der Waals surface area contributed by atoms with Crippen molar-refractivity contribution in [2.45, 2.75) is 26.4 Å². The number of anilines is 1. The Morgan fingerprint density at radius 2 is 2.09 bits per heavy atom. The second kappa shape index (κ2) is 8.23. The van der Waals surface area contributed by atoms with Gasteiger partial charge in [0.25, 0.3) is 0 Å². The number of carboxylic acid groups (broad SMARTS) is 1. The number of aliphatic hydroxyl groups is 1. The number of nitrogens with one attached hydrogen (secondary N) is 1. The Morgan fingerprint density at radius 1 is 1.24 bits per heavy atom. The molecule has 3 N–H and O–H groups in total. The molecular formula is C23H19N5O4S. The quantitative estimate of drug-likeness (QED) is 0.416. The van der Waals surface area contributed by atoms with E-state index in [0.29, 0.717) is 29.2 Å². The van der Waals surface area contributed by atoms with Crippen LogP contribution in [0, 0.1) is 0 Å². The largest absolute Gasteiger partial charge is 0.478 e. The normalized spacial score (nSPS) is 12.2. The molecule has 3 aromatic heterocycles. The third kappa shape index (κ3) is 3.69. The van der Waals surface area contributed by atoms with Gasteiger partial charge in [0.15, 0.2) is 5.13 Å². The van der Waals surface area contributed by atoms with Crippen molar-refractivity contribution in [3.63, 3.8) is 0 Å². The minimum atomic E-state index is -1.10. The van der Waals surface area contributed by atoms with E-state index in [2.05, 4.69) is 15.3 Å². The number of aromatic nitrogens is 4. The SMILES string of the molecule is CC(=O)Nc1nc2c(s1)-c1c(c(-c3cccnc3)nn1-c1ccc(C(=O)O)c(CO)c1)CC2. The van der Waals surface area contributed by atoms with E-state index in [0.717, 1.165) is 33.1 Å². The number of benzene rings is 1. The fourth-order valence-electron chi connectivity index (χ4n) is 4.05. The van der Waals surface area contributed by atoms with E-state index in [4.69, 9.17) is 5.10 Å². The molecule has 166 valence electrons. The highest BCUT2D eigenvalue weighted by atomic mass is 32.1. The molecular weight excluding hydrogens is 442 g/mol. The molecule has 0 saturated carbocycles. The van der Waals surface area contributed by atoms with E-state index in [9.17, 15) is 19.8 Å². The number of amides is 1. The zero-order valence-electron chi connectivity index (χ0n) is 17.6. The van der Waals surface area contributed by atoms with Crippen molar-refractivity contribution in [3.05, 3.63) is 65.1 Å². The van der Waals surface area contributed by atoms with Crippen LogP contribution in [-0.4, -0.2) is 41.8 Å². The van der Waals surface area contributed by atoms with E-state index < -0.39 is 12.6 Å². The number of aryl methyl sites for hydroxylation is 1.